The van der Waals surface area contributed by atoms with Crippen molar-refractivity contribution < 1.29 is 5.11 Å². The fourth-order valence-corrected chi connectivity index (χ4v) is 1.94. The molecule has 0 atom stereocenters. The van der Waals surface area contributed by atoms with E-state index < -0.39 is 0 Å². The van der Waals surface area contributed by atoms with Crippen LogP contribution < -0.4 is 5.32 Å². The van der Waals surface area contributed by atoms with Crippen LogP contribution in [0.1, 0.15) is 16.7 Å². The fraction of sp³-hybridized carbons (Fsp3) is 0.200. The van der Waals surface area contributed by atoms with Crippen LogP contribution in [0.5, 0.6) is 0 Å². The molecule has 0 aliphatic carbocycles. The first kappa shape index (κ1) is 12.9. The standard InChI is InChI=1S/C15H16ClNO/c1-11-3-2-4-14(15(11)16)17-9-12-5-7-13(10-18)8-6-12/h2-8,17-18H,9-10H2,1H3. The maximum Gasteiger partial charge on any atom is 0.0681 e. The molecular weight excluding hydrogens is 246 g/mol. The summed E-state index contributed by atoms with van der Waals surface area (Å²) >= 11 is 6.21. The number of hydrogen-bond donors (Lipinski definition) is 2. The number of halogens is 1. The van der Waals surface area contributed by atoms with Crippen molar-refractivity contribution in [3.05, 3.63) is 64.2 Å². The predicted octanol–water partition coefficient (Wildman–Crippen LogP) is 3.75. The monoisotopic (exact) mass is 261 g/mol. The van der Waals surface area contributed by atoms with Gasteiger partial charge in [0.15, 0.2) is 0 Å². The summed E-state index contributed by atoms with van der Waals surface area (Å²) in [4.78, 5) is 0. The molecule has 0 bridgehead atoms. The molecule has 2 aromatic rings. The second-order valence-corrected chi connectivity index (χ2v) is 4.64. The molecule has 0 saturated heterocycles. The highest BCUT2D eigenvalue weighted by molar-refractivity contribution is 6.33. The number of benzene rings is 2. The third kappa shape index (κ3) is 3.03. The van der Waals surface area contributed by atoms with Crippen molar-refractivity contribution in [2.45, 2.75) is 20.1 Å². The van der Waals surface area contributed by atoms with Gasteiger partial charge in [0.2, 0.25) is 0 Å². The number of anilines is 1. The summed E-state index contributed by atoms with van der Waals surface area (Å²) in [6.45, 7) is 2.79. The molecule has 0 radical (unpaired) electrons. The molecule has 2 rings (SSSR count). The molecule has 0 fully saturated rings. The molecule has 0 spiro atoms. The van der Waals surface area contributed by atoms with Gasteiger partial charge in [-0.05, 0) is 29.7 Å². The van der Waals surface area contributed by atoms with Crippen molar-refractivity contribution in [1.82, 2.24) is 0 Å². The van der Waals surface area contributed by atoms with Crippen LogP contribution in [0.15, 0.2) is 42.5 Å². The van der Waals surface area contributed by atoms with Gasteiger partial charge in [0.25, 0.3) is 0 Å². The van der Waals surface area contributed by atoms with E-state index in [0.29, 0.717) is 0 Å². The van der Waals surface area contributed by atoms with Crippen molar-refractivity contribution in [3.8, 4) is 0 Å². The number of nitrogens with one attached hydrogen (secondary N) is 1. The summed E-state index contributed by atoms with van der Waals surface area (Å²) in [5.41, 5.74) is 4.09. The van der Waals surface area contributed by atoms with E-state index in [1.165, 1.54) is 0 Å². The van der Waals surface area contributed by atoms with Gasteiger partial charge in [-0.1, -0.05) is 48.0 Å². The first-order valence-corrected chi connectivity index (χ1v) is 6.26. The van der Waals surface area contributed by atoms with Crippen LogP contribution in [0.2, 0.25) is 5.02 Å². The summed E-state index contributed by atoms with van der Waals surface area (Å²) in [5, 5.41) is 13.1. The van der Waals surface area contributed by atoms with E-state index in [2.05, 4.69) is 5.32 Å². The van der Waals surface area contributed by atoms with Crippen LogP contribution in [-0.2, 0) is 13.2 Å². The minimum atomic E-state index is 0.0808. The molecule has 0 amide bonds. The highest BCUT2D eigenvalue weighted by Crippen LogP contribution is 2.25. The maximum atomic E-state index is 8.97. The number of rotatable bonds is 4. The molecular formula is C15H16ClNO. The van der Waals surface area contributed by atoms with Gasteiger partial charge in [-0.3, -0.25) is 0 Å². The third-order valence-electron chi connectivity index (χ3n) is 2.88. The Morgan fingerprint density at radius 3 is 2.39 bits per heavy atom. The van der Waals surface area contributed by atoms with Crippen LogP contribution in [0.25, 0.3) is 0 Å². The molecule has 2 aromatic carbocycles. The summed E-state index contributed by atoms with van der Waals surface area (Å²) in [5.74, 6) is 0. The first-order valence-electron chi connectivity index (χ1n) is 5.88. The van der Waals surface area contributed by atoms with Gasteiger partial charge in [0.1, 0.15) is 0 Å². The van der Waals surface area contributed by atoms with Crippen LogP contribution in [0.3, 0.4) is 0 Å². The quantitative estimate of drug-likeness (QED) is 0.879. The molecule has 3 heteroatoms. The van der Waals surface area contributed by atoms with E-state index >= 15 is 0 Å². The van der Waals surface area contributed by atoms with Gasteiger partial charge in [-0.15, -0.1) is 0 Å². The maximum absolute atomic E-state index is 8.97. The minimum absolute atomic E-state index is 0.0808. The molecule has 2 nitrogen and oxygen atoms in total. The highest BCUT2D eigenvalue weighted by Gasteiger charge is 2.02. The summed E-state index contributed by atoms with van der Waals surface area (Å²) < 4.78 is 0. The van der Waals surface area contributed by atoms with Crippen molar-refractivity contribution in [2.24, 2.45) is 0 Å². The second kappa shape index (κ2) is 5.89. The van der Waals surface area contributed by atoms with Crippen molar-refractivity contribution >= 4 is 17.3 Å². The lowest BCUT2D eigenvalue weighted by molar-refractivity contribution is 0.282. The molecule has 0 aromatic heterocycles. The fourth-order valence-electron chi connectivity index (χ4n) is 1.74. The molecule has 94 valence electrons. The van der Waals surface area contributed by atoms with Crippen LogP contribution in [-0.4, -0.2) is 5.11 Å². The Bertz CT molecular complexity index is 523. The van der Waals surface area contributed by atoms with E-state index in [1.54, 1.807) is 0 Å². The normalized spacial score (nSPS) is 10.4. The van der Waals surface area contributed by atoms with E-state index in [1.807, 2.05) is 49.4 Å². The predicted molar refractivity (Wildman–Crippen MR) is 75.9 cm³/mol. The average Bonchev–Trinajstić information content (AvgIpc) is 2.41. The lowest BCUT2D eigenvalue weighted by Crippen LogP contribution is -2.00. The van der Waals surface area contributed by atoms with Crippen molar-refractivity contribution in [1.29, 1.82) is 0 Å². The Morgan fingerprint density at radius 2 is 1.72 bits per heavy atom. The van der Waals surface area contributed by atoms with Gasteiger partial charge >= 0.3 is 0 Å². The number of aliphatic hydroxyl groups is 1. The van der Waals surface area contributed by atoms with Crippen LogP contribution in [0, 0.1) is 6.92 Å². The number of aliphatic hydroxyl groups excluding tert-OH is 1. The molecule has 0 aliphatic rings. The zero-order valence-electron chi connectivity index (χ0n) is 10.3. The smallest absolute Gasteiger partial charge is 0.0681 e. The van der Waals surface area contributed by atoms with Crippen molar-refractivity contribution in [2.75, 3.05) is 5.32 Å². The average molecular weight is 262 g/mol. The zero-order valence-corrected chi connectivity index (χ0v) is 11.0. The van der Waals surface area contributed by atoms with E-state index in [9.17, 15) is 0 Å². The Hall–Kier alpha value is -1.51. The SMILES string of the molecule is Cc1cccc(NCc2ccc(CO)cc2)c1Cl. The van der Waals surface area contributed by atoms with E-state index in [-0.39, 0.29) is 6.61 Å². The minimum Gasteiger partial charge on any atom is -0.392 e. The largest absolute Gasteiger partial charge is 0.392 e. The molecule has 2 N–H and O–H groups in total. The van der Waals surface area contributed by atoms with Crippen LogP contribution >= 0.6 is 11.6 Å². The summed E-state index contributed by atoms with van der Waals surface area (Å²) in [6.07, 6.45) is 0. The Morgan fingerprint density at radius 1 is 1.06 bits per heavy atom. The summed E-state index contributed by atoms with van der Waals surface area (Å²) in [7, 11) is 0. The van der Waals surface area contributed by atoms with Crippen LogP contribution in [0.4, 0.5) is 5.69 Å². The third-order valence-corrected chi connectivity index (χ3v) is 3.38. The second-order valence-electron chi connectivity index (χ2n) is 4.26. The lowest BCUT2D eigenvalue weighted by Gasteiger charge is -2.10. The zero-order chi connectivity index (χ0) is 13.0. The Labute approximate surface area is 112 Å². The van der Waals surface area contributed by atoms with Gasteiger partial charge in [-0.2, -0.15) is 0 Å². The molecule has 0 saturated carbocycles. The van der Waals surface area contributed by atoms with Gasteiger partial charge < -0.3 is 10.4 Å². The Kier molecular flexibility index (Phi) is 4.24. The first-order chi connectivity index (χ1) is 8.70. The van der Waals surface area contributed by atoms with Gasteiger partial charge in [0.05, 0.1) is 17.3 Å². The van der Waals surface area contributed by atoms with E-state index in [0.717, 1.165) is 33.9 Å². The van der Waals surface area contributed by atoms with Gasteiger partial charge in [-0.25, -0.2) is 0 Å². The summed E-state index contributed by atoms with van der Waals surface area (Å²) in [6, 6.07) is 13.8. The molecule has 0 aliphatic heterocycles. The lowest BCUT2D eigenvalue weighted by atomic mass is 10.1. The molecule has 0 unspecified atom stereocenters. The van der Waals surface area contributed by atoms with E-state index in [4.69, 9.17) is 16.7 Å². The number of hydrogen-bond acceptors (Lipinski definition) is 2. The van der Waals surface area contributed by atoms with Gasteiger partial charge in [0, 0.05) is 6.54 Å². The molecule has 18 heavy (non-hydrogen) atoms. The molecule has 0 heterocycles. The topological polar surface area (TPSA) is 32.3 Å². The number of aryl methyl sites for hydroxylation is 1. The Balaban J connectivity index is 2.04. The van der Waals surface area contributed by atoms with Crippen molar-refractivity contribution in [3.63, 3.8) is 0 Å². The highest BCUT2D eigenvalue weighted by atomic mass is 35.5.